The molecule has 10 heteroatoms. The highest BCUT2D eigenvalue weighted by Crippen LogP contribution is 2.33. The monoisotopic (exact) mass is 565 g/mol. The van der Waals surface area contributed by atoms with Gasteiger partial charge in [-0.1, -0.05) is 19.9 Å². The topological polar surface area (TPSA) is 109 Å². The Hall–Kier alpha value is -4.57. The Labute approximate surface area is 244 Å². The van der Waals surface area contributed by atoms with E-state index in [0.717, 1.165) is 60.1 Å². The molecular weight excluding hydrogens is 530 g/mol. The molecule has 2 aromatic carbocycles. The molecule has 1 saturated heterocycles. The molecule has 0 aliphatic carbocycles. The summed E-state index contributed by atoms with van der Waals surface area (Å²) in [5.41, 5.74) is 5.09. The average molecular weight is 566 g/mol. The van der Waals surface area contributed by atoms with Gasteiger partial charge in [-0.25, -0.2) is 14.8 Å². The molecule has 4 heterocycles. The van der Waals surface area contributed by atoms with Gasteiger partial charge in [-0.3, -0.25) is 9.48 Å². The highest BCUT2D eigenvalue weighted by Gasteiger charge is 2.25. The van der Waals surface area contributed by atoms with Gasteiger partial charge in [-0.2, -0.15) is 5.10 Å². The molecule has 216 valence electrons. The lowest BCUT2D eigenvalue weighted by atomic mass is 10.0. The quantitative estimate of drug-likeness (QED) is 0.215. The highest BCUT2D eigenvalue weighted by molar-refractivity contribution is 6.07. The lowest BCUT2D eigenvalue weighted by Gasteiger charge is -2.25. The predicted molar refractivity (Wildman–Crippen MR) is 166 cm³/mol. The number of benzene rings is 2. The summed E-state index contributed by atoms with van der Waals surface area (Å²) in [5, 5.41) is 9.75. The van der Waals surface area contributed by atoms with Gasteiger partial charge in [0.25, 0.3) is 0 Å². The lowest BCUT2D eigenvalue weighted by Crippen LogP contribution is -2.31. The zero-order chi connectivity index (χ0) is 29.5. The number of nitrogens with zero attached hydrogens (tertiary/aromatic N) is 6. The molecule has 0 unspecified atom stereocenters. The van der Waals surface area contributed by atoms with Crippen LogP contribution in [0.3, 0.4) is 0 Å². The summed E-state index contributed by atoms with van der Waals surface area (Å²) >= 11 is 0. The molecule has 5 aromatic rings. The fourth-order valence-corrected chi connectivity index (χ4v) is 5.94. The SMILES string of the molecule is CC(=O)c1c(N2CCCN(C)CC2)c2ccc(Nc3nccc(-c4ccc5nn(C)c(C(C)C)c5c4)n3)cc2oc1=O. The van der Waals surface area contributed by atoms with E-state index >= 15 is 0 Å². The number of fused-ring (bicyclic) bond motifs is 2. The van der Waals surface area contributed by atoms with Crippen LogP contribution in [0.5, 0.6) is 0 Å². The van der Waals surface area contributed by atoms with E-state index in [4.69, 9.17) is 9.40 Å². The van der Waals surface area contributed by atoms with Gasteiger partial charge in [0.05, 0.1) is 16.9 Å². The fourth-order valence-electron chi connectivity index (χ4n) is 5.94. The van der Waals surface area contributed by atoms with E-state index in [2.05, 4.69) is 52.2 Å². The summed E-state index contributed by atoms with van der Waals surface area (Å²) in [6.07, 6.45) is 2.66. The summed E-state index contributed by atoms with van der Waals surface area (Å²) < 4.78 is 7.63. The Morgan fingerprint density at radius 3 is 2.62 bits per heavy atom. The Bertz CT molecular complexity index is 1870. The first kappa shape index (κ1) is 27.6. The molecule has 1 N–H and O–H groups in total. The summed E-state index contributed by atoms with van der Waals surface area (Å²) in [6, 6.07) is 13.6. The zero-order valence-electron chi connectivity index (χ0n) is 24.6. The third-order valence-corrected chi connectivity index (χ3v) is 7.90. The number of aryl methyl sites for hydroxylation is 1. The van der Waals surface area contributed by atoms with Crippen molar-refractivity contribution in [2.75, 3.05) is 43.4 Å². The van der Waals surface area contributed by atoms with Gasteiger partial charge in [0.1, 0.15) is 11.1 Å². The van der Waals surface area contributed by atoms with Crippen LogP contribution in [0.4, 0.5) is 17.3 Å². The minimum absolute atomic E-state index is 0.106. The zero-order valence-corrected chi connectivity index (χ0v) is 24.6. The van der Waals surface area contributed by atoms with Crippen LogP contribution in [0.1, 0.15) is 49.2 Å². The number of hydrogen-bond acceptors (Lipinski definition) is 9. The summed E-state index contributed by atoms with van der Waals surface area (Å²) in [6.45, 7) is 9.04. The number of likely N-dealkylation sites (N-methyl/N-ethyl adjacent to an activating group) is 1. The van der Waals surface area contributed by atoms with Crippen molar-refractivity contribution in [1.82, 2.24) is 24.6 Å². The molecule has 0 atom stereocenters. The second-order valence-electron chi connectivity index (χ2n) is 11.3. The van der Waals surface area contributed by atoms with Gasteiger partial charge < -0.3 is 19.5 Å². The molecular formula is C32H35N7O3. The van der Waals surface area contributed by atoms with Crippen LogP contribution >= 0.6 is 0 Å². The molecule has 10 nitrogen and oxygen atoms in total. The number of nitrogens with one attached hydrogen (secondary N) is 1. The molecule has 0 bridgehead atoms. The minimum atomic E-state index is -0.621. The molecule has 6 rings (SSSR count). The van der Waals surface area contributed by atoms with Crippen LogP contribution in [-0.4, -0.2) is 63.7 Å². The van der Waals surface area contributed by atoms with E-state index in [1.807, 2.05) is 42.1 Å². The second kappa shape index (κ2) is 11.0. The average Bonchev–Trinajstić information content (AvgIpc) is 3.13. The molecule has 42 heavy (non-hydrogen) atoms. The van der Waals surface area contributed by atoms with E-state index in [0.29, 0.717) is 28.8 Å². The first-order chi connectivity index (χ1) is 20.2. The van der Waals surface area contributed by atoms with Gasteiger partial charge in [-0.15, -0.1) is 0 Å². The summed E-state index contributed by atoms with van der Waals surface area (Å²) in [7, 11) is 4.06. The van der Waals surface area contributed by atoms with Gasteiger partial charge in [0.2, 0.25) is 5.95 Å². The van der Waals surface area contributed by atoms with E-state index in [1.54, 1.807) is 12.3 Å². The van der Waals surface area contributed by atoms with Gasteiger partial charge in [0, 0.05) is 66.7 Å². The summed E-state index contributed by atoms with van der Waals surface area (Å²) in [4.78, 5) is 39.2. The van der Waals surface area contributed by atoms with Crippen molar-refractivity contribution in [2.45, 2.75) is 33.1 Å². The molecule has 0 saturated carbocycles. The second-order valence-corrected chi connectivity index (χ2v) is 11.3. The lowest BCUT2D eigenvalue weighted by molar-refractivity contribution is 0.101. The number of hydrogen-bond donors (Lipinski definition) is 1. The van der Waals surface area contributed by atoms with Crippen LogP contribution in [0, 0.1) is 0 Å². The van der Waals surface area contributed by atoms with Crippen molar-refractivity contribution >= 4 is 45.0 Å². The molecule has 1 fully saturated rings. The van der Waals surface area contributed by atoms with Crippen LogP contribution in [-0.2, 0) is 7.05 Å². The maximum absolute atomic E-state index is 13.0. The first-order valence-electron chi connectivity index (χ1n) is 14.3. The van der Waals surface area contributed by atoms with Crippen molar-refractivity contribution < 1.29 is 9.21 Å². The molecule has 3 aromatic heterocycles. The predicted octanol–water partition coefficient (Wildman–Crippen LogP) is 5.35. The highest BCUT2D eigenvalue weighted by atomic mass is 16.4. The Morgan fingerprint density at radius 1 is 1.00 bits per heavy atom. The van der Waals surface area contributed by atoms with Crippen molar-refractivity contribution in [3.05, 3.63) is 70.3 Å². The van der Waals surface area contributed by atoms with Crippen LogP contribution in [0.15, 0.2) is 57.9 Å². The maximum Gasteiger partial charge on any atom is 0.349 e. The van der Waals surface area contributed by atoms with E-state index in [-0.39, 0.29) is 11.3 Å². The van der Waals surface area contributed by atoms with Crippen LogP contribution < -0.4 is 15.8 Å². The Morgan fingerprint density at radius 2 is 1.83 bits per heavy atom. The molecule has 0 radical (unpaired) electrons. The van der Waals surface area contributed by atoms with Crippen LogP contribution in [0.25, 0.3) is 33.1 Å². The largest absolute Gasteiger partial charge is 0.422 e. The maximum atomic E-state index is 13.0. The van der Waals surface area contributed by atoms with Gasteiger partial charge in [0.15, 0.2) is 5.78 Å². The number of anilines is 3. The van der Waals surface area contributed by atoms with E-state index in [9.17, 15) is 9.59 Å². The standard InChI is InChI=1S/C32H35N7O3/c1-19(2)29-24-17-21(7-10-26(24)36-38(29)5)25-11-12-33-32(35-25)34-22-8-9-23-27(18-22)42-31(41)28(20(3)40)30(23)39-14-6-13-37(4)15-16-39/h7-12,17-19H,6,13-16H2,1-5H3,(H,33,34,35). The fraction of sp³-hybridized carbons (Fsp3) is 0.344. The number of Topliss-reactive ketones (excluding diaryl/α,β-unsaturated/α-hetero) is 1. The molecule has 0 amide bonds. The van der Waals surface area contributed by atoms with Crippen molar-refractivity contribution in [2.24, 2.45) is 7.05 Å². The number of carbonyl (C=O) groups excluding carboxylic acids is 1. The molecule has 1 aliphatic heterocycles. The summed E-state index contributed by atoms with van der Waals surface area (Å²) in [5.74, 6) is 0.454. The number of ketones is 1. The smallest absolute Gasteiger partial charge is 0.349 e. The number of aromatic nitrogens is 4. The molecule has 1 aliphatic rings. The minimum Gasteiger partial charge on any atom is -0.422 e. The Kier molecular flexibility index (Phi) is 7.24. The number of rotatable bonds is 6. The Balaban J connectivity index is 1.35. The van der Waals surface area contributed by atoms with Crippen molar-refractivity contribution in [3.63, 3.8) is 0 Å². The third-order valence-electron chi connectivity index (χ3n) is 7.90. The van der Waals surface area contributed by atoms with Crippen molar-refractivity contribution in [3.8, 4) is 11.3 Å². The van der Waals surface area contributed by atoms with Gasteiger partial charge >= 0.3 is 5.63 Å². The van der Waals surface area contributed by atoms with Crippen LogP contribution in [0.2, 0.25) is 0 Å². The van der Waals surface area contributed by atoms with E-state index in [1.165, 1.54) is 12.6 Å². The van der Waals surface area contributed by atoms with E-state index < -0.39 is 5.63 Å². The third kappa shape index (κ3) is 5.14. The first-order valence-corrected chi connectivity index (χ1v) is 14.3. The molecule has 0 spiro atoms. The normalized spacial score (nSPS) is 14.6. The van der Waals surface area contributed by atoms with Crippen molar-refractivity contribution in [1.29, 1.82) is 0 Å². The number of carbonyl (C=O) groups is 1. The van der Waals surface area contributed by atoms with Gasteiger partial charge in [-0.05, 0) is 63.2 Å².